The first-order chi connectivity index (χ1) is 13.7. The molecular weight excluding hydrogens is 352 g/mol. The maximum Gasteiger partial charge on any atom is 0.225 e. The molecular formula is C21H28N6O. The molecule has 2 aromatic rings. The van der Waals surface area contributed by atoms with Crippen LogP contribution >= 0.6 is 0 Å². The number of carbonyl (C=O) groups is 1. The predicted octanol–water partition coefficient (Wildman–Crippen LogP) is 3.27. The third-order valence-corrected chi connectivity index (χ3v) is 6.13. The molecule has 1 amide bonds. The normalized spacial score (nSPS) is 18.9. The number of amides is 1. The average Bonchev–Trinajstić information content (AvgIpc) is 3.24. The zero-order chi connectivity index (χ0) is 19.5. The fraction of sp³-hybridized carbons (Fsp3) is 0.524. The molecule has 0 spiro atoms. The third kappa shape index (κ3) is 3.79. The summed E-state index contributed by atoms with van der Waals surface area (Å²) in [4.78, 5) is 19.0. The van der Waals surface area contributed by atoms with Crippen molar-refractivity contribution in [3.05, 3.63) is 30.4 Å². The Labute approximate surface area is 165 Å². The molecule has 3 N–H and O–H groups in total. The summed E-state index contributed by atoms with van der Waals surface area (Å²) in [7, 11) is 0. The molecule has 0 unspecified atom stereocenters. The van der Waals surface area contributed by atoms with Gasteiger partial charge in [0, 0.05) is 48.7 Å². The summed E-state index contributed by atoms with van der Waals surface area (Å²) >= 11 is 0. The van der Waals surface area contributed by atoms with Crippen molar-refractivity contribution in [2.45, 2.75) is 51.0 Å². The lowest BCUT2D eigenvalue weighted by Gasteiger charge is -2.35. The maximum atomic E-state index is 12.7. The second kappa shape index (κ2) is 8.12. The van der Waals surface area contributed by atoms with Crippen molar-refractivity contribution in [1.29, 1.82) is 5.41 Å². The van der Waals surface area contributed by atoms with E-state index >= 15 is 0 Å². The molecule has 3 heterocycles. The van der Waals surface area contributed by atoms with E-state index in [-0.39, 0.29) is 5.92 Å². The molecule has 7 heteroatoms. The summed E-state index contributed by atoms with van der Waals surface area (Å²) in [6.07, 6.45) is 14.4. The Morgan fingerprint density at radius 1 is 1.11 bits per heavy atom. The van der Waals surface area contributed by atoms with Gasteiger partial charge in [0.15, 0.2) is 0 Å². The van der Waals surface area contributed by atoms with Crippen LogP contribution in [-0.4, -0.2) is 44.9 Å². The summed E-state index contributed by atoms with van der Waals surface area (Å²) in [6.45, 7) is 1.63. The Kier molecular flexibility index (Phi) is 5.41. The predicted molar refractivity (Wildman–Crippen MR) is 109 cm³/mol. The van der Waals surface area contributed by atoms with Crippen LogP contribution in [0.15, 0.2) is 24.7 Å². The minimum atomic E-state index is 0.253. The van der Waals surface area contributed by atoms with Crippen molar-refractivity contribution in [3.63, 3.8) is 0 Å². The van der Waals surface area contributed by atoms with Crippen molar-refractivity contribution in [2.75, 3.05) is 18.8 Å². The van der Waals surface area contributed by atoms with Gasteiger partial charge in [-0.15, -0.1) is 0 Å². The number of nitrogens with one attached hydrogen (secondary N) is 1. The van der Waals surface area contributed by atoms with Gasteiger partial charge in [-0.3, -0.25) is 14.5 Å². The number of anilines is 1. The Morgan fingerprint density at radius 3 is 2.54 bits per heavy atom. The molecule has 0 atom stereocenters. The molecule has 0 bridgehead atoms. The number of nitrogens with zero attached hydrogens (tertiary/aromatic N) is 4. The van der Waals surface area contributed by atoms with Crippen LogP contribution < -0.4 is 5.73 Å². The van der Waals surface area contributed by atoms with Crippen LogP contribution in [0, 0.1) is 11.3 Å². The van der Waals surface area contributed by atoms with Crippen molar-refractivity contribution >= 4 is 17.8 Å². The quantitative estimate of drug-likeness (QED) is 0.795. The van der Waals surface area contributed by atoms with E-state index in [1.54, 1.807) is 6.20 Å². The van der Waals surface area contributed by atoms with E-state index in [0.717, 1.165) is 56.1 Å². The van der Waals surface area contributed by atoms with Gasteiger partial charge in [0.25, 0.3) is 0 Å². The molecule has 0 radical (unpaired) electrons. The van der Waals surface area contributed by atoms with Gasteiger partial charge in [0.05, 0.1) is 17.9 Å². The summed E-state index contributed by atoms with van der Waals surface area (Å²) in [6, 6.07) is 2.15. The number of hydrogen-bond donors (Lipinski definition) is 2. The first kappa shape index (κ1) is 18.7. The molecule has 1 saturated carbocycles. The van der Waals surface area contributed by atoms with Gasteiger partial charge >= 0.3 is 0 Å². The lowest BCUT2D eigenvalue weighted by atomic mass is 9.87. The van der Waals surface area contributed by atoms with Crippen LogP contribution in [-0.2, 0) is 4.79 Å². The monoisotopic (exact) mass is 380 g/mol. The number of aromatic nitrogens is 3. The Hall–Kier alpha value is -2.70. The molecule has 1 saturated heterocycles. The molecule has 2 fully saturated rings. The molecule has 0 aromatic carbocycles. The van der Waals surface area contributed by atoms with Crippen molar-refractivity contribution < 1.29 is 4.79 Å². The van der Waals surface area contributed by atoms with E-state index in [2.05, 4.69) is 15.0 Å². The molecule has 4 rings (SSSR count). The van der Waals surface area contributed by atoms with E-state index < -0.39 is 0 Å². The number of nitrogens with two attached hydrogens (primary N) is 1. The summed E-state index contributed by atoms with van der Waals surface area (Å²) in [5, 5.41) is 11.8. The molecule has 7 nitrogen and oxygen atoms in total. The number of nitrogen functional groups attached to an aromatic ring is 1. The third-order valence-electron chi connectivity index (χ3n) is 6.13. The fourth-order valence-electron chi connectivity index (χ4n) is 4.42. The van der Waals surface area contributed by atoms with Crippen LogP contribution in [0.25, 0.3) is 11.1 Å². The summed E-state index contributed by atoms with van der Waals surface area (Å²) in [5.74, 6) is 0.621. The number of hydrogen-bond acceptors (Lipinski definition) is 5. The number of piperidine rings is 1. The van der Waals surface area contributed by atoms with E-state index in [9.17, 15) is 4.79 Å². The average molecular weight is 380 g/mol. The number of likely N-dealkylation sites (tertiary alicyclic amines) is 1. The summed E-state index contributed by atoms with van der Waals surface area (Å²) in [5.41, 5.74) is 8.79. The SMILES string of the molecule is N=Cc1ncc(-c2cnn(C3CCN(C(=O)C4CCCCC4)CC3)c2)cc1N. The van der Waals surface area contributed by atoms with Crippen LogP contribution in [0.3, 0.4) is 0 Å². The minimum absolute atomic E-state index is 0.253. The van der Waals surface area contributed by atoms with E-state index in [4.69, 9.17) is 11.1 Å². The van der Waals surface area contributed by atoms with Gasteiger partial charge in [-0.05, 0) is 31.7 Å². The van der Waals surface area contributed by atoms with Gasteiger partial charge in [-0.1, -0.05) is 19.3 Å². The van der Waals surface area contributed by atoms with Gasteiger partial charge in [0.1, 0.15) is 5.69 Å². The molecule has 1 aliphatic heterocycles. The van der Waals surface area contributed by atoms with Gasteiger partial charge in [-0.25, -0.2) is 0 Å². The van der Waals surface area contributed by atoms with Crippen molar-refractivity contribution in [2.24, 2.45) is 5.92 Å². The fourth-order valence-corrected chi connectivity index (χ4v) is 4.42. The molecule has 148 valence electrons. The molecule has 2 aromatic heterocycles. The lowest BCUT2D eigenvalue weighted by Crippen LogP contribution is -2.42. The van der Waals surface area contributed by atoms with Crippen molar-refractivity contribution in [1.82, 2.24) is 19.7 Å². The highest BCUT2D eigenvalue weighted by Gasteiger charge is 2.29. The number of rotatable bonds is 4. The highest BCUT2D eigenvalue weighted by Crippen LogP contribution is 2.30. The van der Waals surface area contributed by atoms with Crippen LogP contribution in [0.5, 0.6) is 0 Å². The van der Waals surface area contributed by atoms with E-state index in [0.29, 0.717) is 23.3 Å². The lowest BCUT2D eigenvalue weighted by molar-refractivity contribution is -0.137. The van der Waals surface area contributed by atoms with Gasteiger partial charge in [-0.2, -0.15) is 5.10 Å². The van der Waals surface area contributed by atoms with Crippen molar-refractivity contribution in [3.8, 4) is 11.1 Å². The maximum absolute atomic E-state index is 12.7. The topological polar surface area (TPSA) is 101 Å². The standard InChI is InChI=1S/C21H28N6O/c22-11-20-19(23)10-16(12-24-20)17-13-25-27(14-17)18-6-8-26(9-7-18)21(28)15-4-2-1-3-5-15/h10-15,18,22H,1-9,23H2. The van der Waals surface area contributed by atoms with Gasteiger partial charge in [0.2, 0.25) is 5.91 Å². The van der Waals surface area contributed by atoms with Gasteiger partial charge < -0.3 is 16.0 Å². The van der Waals surface area contributed by atoms with E-state index in [1.807, 2.05) is 23.1 Å². The zero-order valence-corrected chi connectivity index (χ0v) is 16.2. The smallest absolute Gasteiger partial charge is 0.225 e. The number of carbonyl (C=O) groups excluding carboxylic acids is 1. The molecule has 28 heavy (non-hydrogen) atoms. The van der Waals surface area contributed by atoms with Crippen LogP contribution in [0.2, 0.25) is 0 Å². The summed E-state index contributed by atoms with van der Waals surface area (Å²) < 4.78 is 2.01. The minimum Gasteiger partial charge on any atom is -0.397 e. The second-order valence-electron chi connectivity index (χ2n) is 7.94. The Balaban J connectivity index is 1.38. The molecule has 2 aliphatic rings. The first-order valence-electron chi connectivity index (χ1n) is 10.2. The van der Waals surface area contributed by atoms with E-state index in [1.165, 1.54) is 19.3 Å². The highest BCUT2D eigenvalue weighted by molar-refractivity contribution is 5.84. The number of pyridine rings is 1. The first-order valence-corrected chi connectivity index (χ1v) is 10.2. The highest BCUT2D eigenvalue weighted by atomic mass is 16.2. The van der Waals surface area contributed by atoms with Crippen LogP contribution in [0.1, 0.15) is 56.7 Å². The second-order valence-corrected chi connectivity index (χ2v) is 7.94. The Morgan fingerprint density at radius 2 is 1.86 bits per heavy atom. The molecule has 1 aliphatic carbocycles. The van der Waals surface area contributed by atoms with Crippen LogP contribution in [0.4, 0.5) is 5.69 Å². The zero-order valence-electron chi connectivity index (χ0n) is 16.2. The Bertz CT molecular complexity index is 846. The largest absolute Gasteiger partial charge is 0.397 e.